The molecule has 2 rings (SSSR count). The zero-order chi connectivity index (χ0) is 14.8. The Hall–Kier alpha value is -1.43. The van der Waals surface area contributed by atoms with Gasteiger partial charge in [0.15, 0.2) is 0 Å². The molecule has 20 heavy (non-hydrogen) atoms. The molecule has 1 aromatic rings. The van der Waals surface area contributed by atoms with Crippen LogP contribution in [0.15, 0.2) is 22.7 Å². The van der Waals surface area contributed by atoms with Gasteiger partial charge in [0, 0.05) is 12.1 Å². The number of nitrogens with one attached hydrogen (secondary N) is 1. The third kappa shape index (κ3) is 3.36. The van der Waals surface area contributed by atoms with Gasteiger partial charge in [0.05, 0.1) is 10.9 Å². The van der Waals surface area contributed by atoms with Gasteiger partial charge in [-0.1, -0.05) is 6.42 Å². The molecule has 6 heteroatoms. The van der Waals surface area contributed by atoms with Crippen molar-refractivity contribution in [2.75, 3.05) is 6.54 Å². The van der Waals surface area contributed by atoms with Crippen LogP contribution in [-0.2, 0) is 4.79 Å². The van der Waals surface area contributed by atoms with Crippen molar-refractivity contribution in [3.05, 3.63) is 34.1 Å². The first kappa shape index (κ1) is 15.0. The van der Waals surface area contributed by atoms with Gasteiger partial charge >= 0.3 is 5.97 Å². The summed E-state index contributed by atoms with van der Waals surface area (Å²) in [4.78, 5) is 22.8. The lowest BCUT2D eigenvalue weighted by Gasteiger charge is -2.40. The molecule has 0 unspecified atom stereocenters. The van der Waals surface area contributed by atoms with Crippen LogP contribution in [0.25, 0.3) is 0 Å². The molecule has 4 nitrogen and oxygen atoms in total. The van der Waals surface area contributed by atoms with Crippen molar-refractivity contribution >= 4 is 27.8 Å². The van der Waals surface area contributed by atoms with Crippen molar-refractivity contribution in [3.8, 4) is 0 Å². The molecule has 0 spiro atoms. The van der Waals surface area contributed by atoms with Crippen LogP contribution in [0.2, 0.25) is 0 Å². The summed E-state index contributed by atoms with van der Waals surface area (Å²) >= 11 is 3.02. The standard InChI is InChI=1S/C14H15BrFNO3/c15-10-3-2-9(6-11(10)16)13(20)17-8-14(4-1-5-14)7-12(18)19/h2-3,6H,1,4-5,7-8H2,(H,17,20)(H,18,19). The van der Waals surface area contributed by atoms with E-state index in [-0.39, 0.29) is 23.3 Å². The summed E-state index contributed by atoms with van der Waals surface area (Å²) in [5.74, 6) is -1.73. The highest BCUT2D eigenvalue weighted by Crippen LogP contribution is 2.43. The predicted octanol–water partition coefficient (Wildman–Crippen LogP) is 2.96. The molecular weight excluding hydrogens is 329 g/mol. The molecule has 1 fully saturated rings. The molecule has 1 amide bonds. The van der Waals surface area contributed by atoms with E-state index in [0.717, 1.165) is 25.3 Å². The third-order valence-corrected chi connectivity index (χ3v) is 4.39. The second-order valence-corrected chi connectivity index (χ2v) is 6.09. The minimum Gasteiger partial charge on any atom is -0.481 e. The quantitative estimate of drug-likeness (QED) is 0.863. The Morgan fingerprint density at radius 1 is 1.40 bits per heavy atom. The fourth-order valence-electron chi connectivity index (χ4n) is 2.42. The average molecular weight is 344 g/mol. The molecular formula is C14H15BrFNO3. The maximum absolute atomic E-state index is 13.4. The average Bonchev–Trinajstić information content (AvgIpc) is 2.35. The van der Waals surface area contributed by atoms with Crippen LogP contribution in [-0.4, -0.2) is 23.5 Å². The van der Waals surface area contributed by atoms with Crippen LogP contribution >= 0.6 is 15.9 Å². The van der Waals surface area contributed by atoms with E-state index in [1.54, 1.807) is 0 Å². The fourth-order valence-corrected chi connectivity index (χ4v) is 2.67. The summed E-state index contributed by atoms with van der Waals surface area (Å²) in [7, 11) is 0. The van der Waals surface area contributed by atoms with Crippen molar-refractivity contribution in [2.24, 2.45) is 5.41 Å². The van der Waals surface area contributed by atoms with Crippen molar-refractivity contribution in [1.29, 1.82) is 0 Å². The normalized spacial score (nSPS) is 16.3. The van der Waals surface area contributed by atoms with Crippen LogP contribution in [0.1, 0.15) is 36.0 Å². The smallest absolute Gasteiger partial charge is 0.303 e. The van der Waals surface area contributed by atoms with E-state index in [1.807, 2.05) is 0 Å². The zero-order valence-electron chi connectivity index (χ0n) is 10.8. The van der Waals surface area contributed by atoms with Gasteiger partial charge in [0.1, 0.15) is 5.82 Å². The molecule has 0 heterocycles. The minimum atomic E-state index is -0.853. The van der Waals surface area contributed by atoms with E-state index >= 15 is 0 Å². The molecule has 0 bridgehead atoms. The molecule has 0 saturated heterocycles. The number of carbonyl (C=O) groups excluding carboxylic acids is 1. The van der Waals surface area contributed by atoms with Gasteiger partial charge in [-0.2, -0.15) is 0 Å². The Kier molecular flexibility index (Phi) is 4.42. The predicted molar refractivity (Wildman–Crippen MR) is 75.0 cm³/mol. The molecule has 0 aromatic heterocycles. The van der Waals surface area contributed by atoms with E-state index in [2.05, 4.69) is 21.2 Å². The molecule has 1 saturated carbocycles. The van der Waals surface area contributed by atoms with Crippen molar-refractivity contribution < 1.29 is 19.1 Å². The van der Waals surface area contributed by atoms with Gasteiger partial charge < -0.3 is 10.4 Å². The first-order valence-corrected chi connectivity index (χ1v) is 7.16. The van der Waals surface area contributed by atoms with Gasteiger partial charge in [0.25, 0.3) is 5.91 Å². The van der Waals surface area contributed by atoms with Crippen molar-refractivity contribution in [1.82, 2.24) is 5.32 Å². The van der Waals surface area contributed by atoms with Crippen molar-refractivity contribution in [2.45, 2.75) is 25.7 Å². The minimum absolute atomic E-state index is 0.0575. The van der Waals surface area contributed by atoms with Gasteiger partial charge in [-0.05, 0) is 52.4 Å². The van der Waals surface area contributed by atoms with Gasteiger partial charge in [0.2, 0.25) is 0 Å². The van der Waals surface area contributed by atoms with Crippen LogP contribution in [0.4, 0.5) is 4.39 Å². The highest BCUT2D eigenvalue weighted by Gasteiger charge is 2.39. The number of carbonyl (C=O) groups is 2. The number of carboxylic acids is 1. The summed E-state index contributed by atoms with van der Waals surface area (Å²) in [5.41, 5.74) is -0.106. The topological polar surface area (TPSA) is 66.4 Å². The highest BCUT2D eigenvalue weighted by atomic mass is 79.9. The zero-order valence-corrected chi connectivity index (χ0v) is 12.4. The number of benzene rings is 1. The van der Waals surface area contributed by atoms with Crippen LogP contribution in [0.5, 0.6) is 0 Å². The van der Waals surface area contributed by atoms with Crippen LogP contribution in [0.3, 0.4) is 0 Å². The number of amides is 1. The molecule has 2 N–H and O–H groups in total. The third-order valence-electron chi connectivity index (χ3n) is 3.75. The molecule has 0 atom stereocenters. The molecule has 0 aliphatic heterocycles. The Morgan fingerprint density at radius 3 is 2.60 bits per heavy atom. The second-order valence-electron chi connectivity index (χ2n) is 5.24. The number of hydrogen-bond donors (Lipinski definition) is 2. The summed E-state index contributed by atoms with van der Waals surface area (Å²) < 4.78 is 13.7. The largest absolute Gasteiger partial charge is 0.481 e. The number of rotatable bonds is 5. The van der Waals surface area contributed by atoms with Gasteiger partial charge in [-0.3, -0.25) is 9.59 Å². The monoisotopic (exact) mass is 343 g/mol. The van der Waals surface area contributed by atoms with E-state index in [4.69, 9.17) is 5.11 Å². The van der Waals surface area contributed by atoms with E-state index < -0.39 is 11.8 Å². The highest BCUT2D eigenvalue weighted by molar-refractivity contribution is 9.10. The maximum atomic E-state index is 13.4. The van der Waals surface area contributed by atoms with Crippen LogP contribution < -0.4 is 5.32 Å². The SMILES string of the molecule is O=C(O)CC1(CNC(=O)c2ccc(Br)c(F)c2)CCC1. The summed E-state index contributed by atoms with van der Waals surface area (Å²) in [6.07, 6.45) is 2.64. The van der Waals surface area contributed by atoms with Crippen molar-refractivity contribution in [3.63, 3.8) is 0 Å². The summed E-state index contributed by atoms with van der Waals surface area (Å²) in [5, 5.41) is 11.6. The molecule has 108 valence electrons. The van der Waals surface area contributed by atoms with Crippen LogP contribution in [0, 0.1) is 11.2 Å². The molecule has 1 aliphatic carbocycles. The first-order chi connectivity index (χ1) is 9.42. The second kappa shape index (κ2) is 5.91. The first-order valence-electron chi connectivity index (χ1n) is 6.37. The lowest BCUT2D eigenvalue weighted by molar-refractivity contribution is -0.141. The number of aliphatic carboxylic acids is 1. The number of halogens is 2. The number of carboxylic acid groups (broad SMARTS) is 1. The number of hydrogen-bond acceptors (Lipinski definition) is 2. The Bertz CT molecular complexity index is 543. The Morgan fingerprint density at radius 2 is 2.10 bits per heavy atom. The molecule has 0 radical (unpaired) electrons. The fraction of sp³-hybridized carbons (Fsp3) is 0.429. The summed E-state index contributed by atoms with van der Waals surface area (Å²) in [6, 6.07) is 4.15. The van der Waals surface area contributed by atoms with E-state index in [0.29, 0.717) is 11.0 Å². The molecule has 1 aromatic carbocycles. The lowest BCUT2D eigenvalue weighted by Crippen LogP contribution is -2.43. The van der Waals surface area contributed by atoms with E-state index in [1.165, 1.54) is 12.1 Å². The Balaban J connectivity index is 1.97. The Labute approximate surface area is 124 Å². The van der Waals surface area contributed by atoms with E-state index in [9.17, 15) is 14.0 Å². The maximum Gasteiger partial charge on any atom is 0.303 e. The molecule has 1 aliphatic rings. The van der Waals surface area contributed by atoms with Gasteiger partial charge in [-0.15, -0.1) is 0 Å². The van der Waals surface area contributed by atoms with Gasteiger partial charge in [-0.25, -0.2) is 4.39 Å². The summed E-state index contributed by atoms with van der Waals surface area (Å²) in [6.45, 7) is 0.315. The lowest BCUT2D eigenvalue weighted by atomic mass is 9.66.